The lowest BCUT2D eigenvalue weighted by atomic mass is 10.1. The van der Waals surface area contributed by atoms with Gasteiger partial charge in [0, 0.05) is 37.6 Å². The van der Waals surface area contributed by atoms with Gasteiger partial charge >= 0.3 is 0 Å². The number of fused-ring (bicyclic) bond motifs is 2. The summed E-state index contributed by atoms with van der Waals surface area (Å²) < 4.78 is 7.59. The number of benzene rings is 2. The van der Waals surface area contributed by atoms with E-state index in [4.69, 9.17) is 5.10 Å². The highest BCUT2D eigenvalue weighted by Gasteiger charge is 2.13. The van der Waals surface area contributed by atoms with Crippen molar-refractivity contribution in [3.63, 3.8) is 0 Å². The Balaban J connectivity index is 0.000000162. The van der Waals surface area contributed by atoms with Gasteiger partial charge in [0.05, 0.1) is 34.2 Å². The first-order valence-corrected chi connectivity index (χ1v) is 16.9. The quantitative estimate of drug-likeness (QED) is 0.184. The lowest BCUT2D eigenvalue weighted by molar-refractivity contribution is 0.869. The topological polar surface area (TPSA) is 96.0 Å². The van der Waals surface area contributed by atoms with E-state index in [0.717, 1.165) is 73.4 Å². The second-order valence-corrected chi connectivity index (χ2v) is 12.7. The van der Waals surface area contributed by atoms with Gasteiger partial charge in [0.2, 0.25) is 0 Å². The summed E-state index contributed by atoms with van der Waals surface area (Å²) in [6.45, 7) is 12.1. The predicted molar refractivity (Wildman–Crippen MR) is 204 cm³/mol. The summed E-state index contributed by atoms with van der Waals surface area (Å²) in [6, 6.07) is 24.0. The van der Waals surface area contributed by atoms with Gasteiger partial charge in [-0.3, -0.25) is 0 Å². The van der Waals surface area contributed by atoms with E-state index < -0.39 is 0 Å². The lowest BCUT2D eigenvalue weighted by Crippen LogP contribution is -2.03. The van der Waals surface area contributed by atoms with Gasteiger partial charge in [-0.05, 0) is 88.5 Å². The van der Waals surface area contributed by atoms with Gasteiger partial charge in [-0.25, -0.2) is 29.0 Å². The molecule has 0 aliphatic carbocycles. The van der Waals surface area contributed by atoms with E-state index in [1.54, 1.807) is 0 Å². The van der Waals surface area contributed by atoms with Crippen molar-refractivity contribution < 1.29 is 0 Å². The standard InChI is InChI=1S/C22H21N5.C20H17N5/c1-14-15(2)22-23-16(3)17(4)27(22)25-19(14)11-12-21-24-20(13-26(21)5)18-9-7-6-8-10-18;1-14-15(2)25-20(21-14)12-10-17(23-25)9-11-19-22-18(13-24(19)3)16-7-5-4-6-8-16/h6-10,13H,1-5H3;4-8,10,12-13H,1-3H3. The molecule has 256 valence electrons. The van der Waals surface area contributed by atoms with Crippen LogP contribution in [0.2, 0.25) is 0 Å². The SMILES string of the molecule is Cc1nc2c(C)c(C)c(C#Cc3nc(-c4ccccc4)cn3C)nn2c1C.Cc1nc2ccc(C#Cc3nc(-c4ccccc4)cn3C)nn2c1C. The number of hydrogen-bond acceptors (Lipinski definition) is 6. The lowest BCUT2D eigenvalue weighted by Gasteiger charge is -2.05. The van der Waals surface area contributed by atoms with E-state index in [1.807, 2.05) is 152 Å². The van der Waals surface area contributed by atoms with Gasteiger partial charge < -0.3 is 9.13 Å². The van der Waals surface area contributed by atoms with Gasteiger partial charge in [0.25, 0.3) is 0 Å². The minimum Gasteiger partial charge on any atom is -0.327 e. The zero-order valence-corrected chi connectivity index (χ0v) is 30.6. The Hall–Kier alpha value is -6.78. The van der Waals surface area contributed by atoms with Crippen molar-refractivity contribution in [2.75, 3.05) is 0 Å². The largest absolute Gasteiger partial charge is 0.327 e. The molecule has 0 atom stereocenters. The highest BCUT2D eigenvalue weighted by Crippen LogP contribution is 2.21. The minimum absolute atomic E-state index is 0.692. The molecule has 2 aromatic carbocycles. The minimum atomic E-state index is 0.692. The highest BCUT2D eigenvalue weighted by molar-refractivity contribution is 5.61. The van der Waals surface area contributed by atoms with Crippen molar-refractivity contribution >= 4 is 11.3 Å². The van der Waals surface area contributed by atoms with E-state index in [9.17, 15) is 0 Å². The Morgan fingerprint density at radius 1 is 0.500 bits per heavy atom. The van der Waals surface area contributed by atoms with Crippen LogP contribution < -0.4 is 0 Å². The molecule has 0 aliphatic heterocycles. The maximum absolute atomic E-state index is 4.71. The number of hydrogen-bond donors (Lipinski definition) is 0. The normalized spacial score (nSPS) is 10.8. The smallest absolute Gasteiger partial charge is 0.186 e. The molecule has 8 aromatic rings. The van der Waals surface area contributed by atoms with Crippen molar-refractivity contribution in [3.8, 4) is 46.2 Å². The molecule has 0 aliphatic rings. The summed E-state index contributed by atoms with van der Waals surface area (Å²) in [4.78, 5) is 18.4. The summed E-state index contributed by atoms with van der Waals surface area (Å²) in [7, 11) is 3.91. The highest BCUT2D eigenvalue weighted by atomic mass is 15.3. The third-order valence-corrected chi connectivity index (χ3v) is 9.19. The molecule has 6 aromatic heterocycles. The molecular formula is C42H38N10. The first kappa shape index (κ1) is 33.7. The van der Waals surface area contributed by atoms with Crippen LogP contribution in [-0.4, -0.2) is 48.3 Å². The second-order valence-electron chi connectivity index (χ2n) is 12.7. The fraction of sp³-hybridized carbons (Fsp3) is 0.190. The molecule has 0 radical (unpaired) electrons. The maximum Gasteiger partial charge on any atom is 0.186 e. The van der Waals surface area contributed by atoms with Crippen LogP contribution in [-0.2, 0) is 14.1 Å². The van der Waals surface area contributed by atoms with E-state index in [-0.39, 0.29) is 0 Å². The maximum atomic E-state index is 4.71. The van der Waals surface area contributed by atoms with Crippen molar-refractivity contribution in [2.24, 2.45) is 14.1 Å². The fourth-order valence-electron chi connectivity index (χ4n) is 5.72. The van der Waals surface area contributed by atoms with Gasteiger partial charge in [0.15, 0.2) is 22.9 Å². The Morgan fingerprint density at radius 2 is 1.04 bits per heavy atom. The first-order valence-electron chi connectivity index (χ1n) is 16.9. The molecule has 52 heavy (non-hydrogen) atoms. The molecule has 0 fully saturated rings. The van der Waals surface area contributed by atoms with Crippen LogP contribution in [0.1, 0.15) is 56.9 Å². The number of aromatic nitrogens is 10. The molecule has 0 bridgehead atoms. The average molecular weight is 683 g/mol. The Kier molecular flexibility index (Phi) is 8.98. The van der Waals surface area contributed by atoms with E-state index in [1.165, 1.54) is 0 Å². The number of nitrogens with zero attached hydrogens (tertiary/aromatic N) is 10. The Labute approximate surface area is 302 Å². The summed E-state index contributed by atoms with van der Waals surface area (Å²) in [5.41, 5.74) is 13.4. The summed E-state index contributed by atoms with van der Waals surface area (Å²) in [5.74, 6) is 14.0. The molecule has 6 heterocycles. The number of rotatable bonds is 2. The average Bonchev–Trinajstić information content (AvgIpc) is 3.89. The Morgan fingerprint density at radius 3 is 1.63 bits per heavy atom. The zero-order valence-electron chi connectivity index (χ0n) is 30.6. The zero-order chi connectivity index (χ0) is 36.5. The van der Waals surface area contributed by atoms with Crippen LogP contribution >= 0.6 is 0 Å². The van der Waals surface area contributed by atoms with E-state index >= 15 is 0 Å². The third kappa shape index (κ3) is 6.58. The molecule has 10 heteroatoms. The van der Waals surface area contributed by atoms with E-state index in [0.29, 0.717) is 17.3 Å². The third-order valence-electron chi connectivity index (χ3n) is 9.19. The fourth-order valence-corrected chi connectivity index (χ4v) is 5.72. The first-order chi connectivity index (χ1) is 25.1. The van der Waals surface area contributed by atoms with Crippen molar-refractivity contribution in [3.05, 3.63) is 142 Å². The van der Waals surface area contributed by atoms with Gasteiger partial charge in [0.1, 0.15) is 11.4 Å². The van der Waals surface area contributed by atoms with Gasteiger partial charge in [-0.15, -0.1) is 0 Å². The van der Waals surface area contributed by atoms with Gasteiger partial charge in [-0.1, -0.05) is 60.7 Å². The summed E-state index contributed by atoms with van der Waals surface area (Å²) >= 11 is 0. The van der Waals surface area contributed by atoms with Gasteiger partial charge in [-0.2, -0.15) is 10.2 Å². The van der Waals surface area contributed by atoms with Crippen LogP contribution in [0.4, 0.5) is 0 Å². The number of imidazole rings is 4. The summed E-state index contributed by atoms with van der Waals surface area (Å²) in [6.07, 6.45) is 3.98. The molecule has 8 rings (SSSR count). The van der Waals surface area contributed by atoms with Crippen molar-refractivity contribution in [2.45, 2.75) is 41.5 Å². The molecule has 0 amide bonds. The molecule has 0 saturated heterocycles. The Bertz CT molecular complexity index is 2720. The van der Waals surface area contributed by atoms with Crippen LogP contribution in [0.15, 0.2) is 85.2 Å². The molecule has 0 spiro atoms. The monoisotopic (exact) mass is 682 g/mol. The van der Waals surface area contributed by atoms with Crippen LogP contribution in [0.3, 0.4) is 0 Å². The van der Waals surface area contributed by atoms with Crippen molar-refractivity contribution in [1.82, 2.24) is 48.3 Å². The van der Waals surface area contributed by atoms with Crippen LogP contribution in [0.5, 0.6) is 0 Å². The van der Waals surface area contributed by atoms with E-state index in [2.05, 4.69) is 55.6 Å². The van der Waals surface area contributed by atoms with Crippen LogP contribution in [0.25, 0.3) is 33.8 Å². The molecule has 0 N–H and O–H groups in total. The molecular weight excluding hydrogens is 645 g/mol. The molecule has 10 nitrogen and oxygen atoms in total. The number of aryl methyl sites for hydroxylation is 7. The second kappa shape index (κ2) is 13.9. The van der Waals surface area contributed by atoms with Crippen molar-refractivity contribution in [1.29, 1.82) is 0 Å². The van der Waals surface area contributed by atoms with Crippen LogP contribution in [0, 0.1) is 65.2 Å². The molecule has 0 saturated carbocycles. The predicted octanol–water partition coefficient (Wildman–Crippen LogP) is 6.91. The molecule has 0 unspecified atom stereocenters. The summed E-state index contributed by atoms with van der Waals surface area (Å²) in [5, 5.41) is 9.26.